The lowest BCUT2D eigenvalue weighted by Crippen LogP contribution is -2.25. The Balaban J connectivity index is 1.74. The van der Waals surface area contributed by atoms with Crippen LogP contribution in [0.25, 0.3) is 0 Å². The van der Waals surface area contributed by atoms with Gasteiger partial charge in [-0.2, -0.15) is 0 Å². The fourth-order valence-corrected chi connectivity index (χ4v) is 5.39. The Hall–Kier alpha value is -2.72. The van der Waals surface area contributed by atoms with Crippen molar-refractivity contribution in [1.29, 1.82) is 0 Å². The van der Waals surface area contributed by atoms with E-state index in [0.717, 1.165) is 4.90 Å². The van der Waals surface area contributed by atoms with Crippen LogP contribution in [-0.2, 0) is 19.4 Å². The molecule has 10 heteroatoms. The van der Waals surface area contributed by atoms with E-state index in [1.807, 2.05) is 0 Å². The molecule has 2 amide bonds. The van der Waals surface area contributed by atoms with Gasteiger partial charge in [-0.15, -0.1) is 11.8 Å². The van der Waals surface area contributed by atoms with E-state index in [-0.39, 0.29) is 17.2 Å². The number of amides is 2. The van der Waals surface area contributed by atoms with Crippen LogP contribution in [0.1, 0.15) is 19.8 Å². The first-order valence-corrected chi connectivity index (χ1v) is 12.1. The van der Waals surface area contributed by atoms with Crippen molar-refractivity contribution in [2.75, 3.05) is 30.6 Å². The van der Waals surface area contributed by atoms with Gasteiger partial charge in [0.15, 0.2) is 9.84 Å². The summed E-state index contributed by atoms with van der Waals surface area (Å²) < 4.78 is 36.5. The second-order valence-corrected chi connectivity index (χ2v) is 10.5. The SMILES string of the molecule is COc1ccc(NC(=O)CC(C)S(=O)(=O)c2ccc3c(c2)NC(=O)CCS3)c(OC)c1. The molecule has 0 saturated carbocycles. The van der Waals surface area contributed by atoms with E-state index in [0.29, 0.717) is 35.0 Å². The van der Waals surface area contributed by atoms with Gasteiger partial charge in [-0.3, -0.25) is 9.59 Å². The fourth-order valence-electron chi connectivity index (χ4n) is 3.08. The number of anilines is 2. The van der Waals surface area contributed by atoms with E-state index >= 15 is 0 Å². The maximum absolute atomic E-state index is 13.0. The number of carbonyl (C=O) groups excluding carboxylic acids is 2. The molecule has 0 radical (unpaired) electrons. The third-order valence-electron chi connectivity index (χ3n) is 4.83. The molecule has 0 fully saturated rings. The first-order chi connectivity index (χ1) is 14.7. The van der Waals surface area contributed by atoms with Gasteiger partial charge in [0.2, 0.25) is 11.8 Å². The van der Waals surface area contributed by atoms with Crippen molar-refractivity contribution in [2.24, 2.45) is 0 Å². The van der Waals surface area contributed by atoms with Gasteiger partial charge < -0.3 is 20.1 Å². The van der Waals surface area contributed by atoms with Gasteiger partial charge >= 0.3 is 0 Å². The van der Waals surface area contributed by atoms with E-state index in [1.165, 1.54) is 45.0 Å². The molecular formula is C21H24N2O6S2. The van der Waals surface area contributed by atoms with Crippen LogP contribution in [0, 0.1) is 0 Å². The minimum atomic E-state index is -3.79. The normalized spacial score (nSPS) is 14.6. The van der Waals surface area contributed by atoms with Crippen LogP contribution in [0.5, 0.6) is 11.5 Å². The molecule has 0 aliphatic carbocycles. The first-order valence-electron chi connectivity index (χ1n) is 9.57. The Labute approximate surface area is 185 Å². The van der Waals surface area contributed by atoms with Gasteiger partial charge in [-0.25, -0.2) is 8.42 Å². The highest BCUT2D eigenvalue weighted by molar-refractivity contribution is 7.99. The molecule has 3 rings (SSSR count). The van der Waals surface area contributed by atoms with E-state index in [2.05, 4.69) is 10.6 Å². The molecule has 2 aromatic rings. The number of methoxy groups -OCH3 is 2. The molecule has 1 heterocycles. The molecule has 8 nitrogen and oxygen atoms in total. The number of thioether (sulfide) groups is 1. The van der Waals surface area contributed by atoms with Gasteiger partial charge in [0.1, 0.15) is 11.5 Å². The predicted molar refractivity (Wildman–Crippen MR) is 120 cm³/mol. The maximum atomic E-state index is 13.0. The molecule has 2 aromatic carbocycles. The molecule has 1 atom stereocenters. The lowest BCUT2D eigenvalue weighted by molar-refractivity contribution is -0.116. The molecule has 0 bridgehead atoms. The third kappa shape index (κ3) is 5.31. The van der Waals surface area contributed by atoms with Crippen molar-refractivity contribution < 1.29 is 27.5 Å². The molecule has 1 aliphatic rings. The summed E-state index contributed by atoms with van der Waals surface area (Å²) in [4.78, 5) is 25.2. The summed E-state index contributed by atoms with van der Waals surface area (Å²) in [5, 5.41) is 4.46. The Morgan fingerprint density at radius 3 is 2.68 bits per heavy atom. The van der Waals surface area contributed by atoms with Crippen LogP contribution in [-0.4, -0.2) is 45.5 Å². The topological polar surface area (TPSA) is 111 Å². The summed E-state index contributed by atoms with van der Waals surface area (Å²) in [5.41, 5.74) is 0.899. The minimum Gasteiger partial charge on any atom is -0.497 e. The van der Waals surface area contributed by atoms with Gasteiger partial charge in [0, 0.05) is 29.6 Å². The largest absolute Gasteiger partial charge is 0.497 e. The molecule has 2 N–H and O–H groups in total. The highest BCUT2D eigenvalue weighted by Gasteiger charge is 2.27. The van der Waals surface area contributed by atoms with Crippen molar-refractivity contribution in [3.63, 3.8) is 0 Å². The summed E-state index contributed by atoms with van der Waals surface area (Å²) in [6, 6.07) is 9.58. The third-order valence-corrected chi connectivity index (χ3v) is 8.04. The van der Waals surface area contributed by atoms with E-state index in [1.54, 1.807) is 24.3 Å². The average Bonchev–Trinajstić information content (AvgIpc) is 2.93. The van der Waals surface area contributed by atoms with Crippen molar-refractivity contribution >= 4 is 44.8 Å². The van der Waals surface area contributed by atoms with Crippen LogP contribution in [0.4, 0.5) is 11.4 Å². The number of rotatable bonds is 7. The Morgan fingerprint density at radius 2 is 1.97 bits per heavy atom. The van der Waals surface area contributed by atoms with Crippen LogP contribution in [0.15, 0.2) is 46.2 Å². The summed E-state index contributed by atoms with van der Waals surface area (Å²) in [6.45, 7) is 1.49. The molecule has 0 aromatic heterocycles. The average molecular weight is 465 g/mol. The molecule has 1 unspecified atom stereocenters. The number of carbonyl (C=O) groups is 2. The minimum absolute atomic E-state index is 0.0661. The van der Waals surface area contributed by atoms with Gasteiger partial charge in [-0.05, 0) is 37.3 Å². The summed E-state index contributed by atoms with van der Waals surface area (Å²) in [7, 11) is -0.803. The quantitative estimate of drug-likeness (QED) is 0.647. The number of hydrogen-bond donors (Lipinski definition) is 2. The molecule has 166 valence electrons. The number of hydrogen-bond acceptors (Lipinski definition) is 7. The Bertz CT molecular complexity index is 1100. The van der Waals surface area contributed by atoms with Gasteiger partial charge in [-0.1, -0.05) is 0 Å². The number of nitrogens with one attached hydrogen (secondary N) is 2. The summed E-state index contributed by atoms with van der Waals surface area (Å²) >= 11 is 1.50. The molecular weight excluding hydrogens is 440 g/mol. The predicted octanol–water partition coefficient (Wildman–Crippen LogP) is 3.33. The van der Waals surface area contributed by atoms with E-state index < -0.39 is 21.0 Å². The van der Waals surface area contributed by atoms with Crippen LogP contribution in [0.2, 0.25) is 0 Å². The molecule has 0 spiro atoms. The maximum Gasteiger partial charge on any atom is 0.225 e. The van der Waals surface area contributed by atoms with Crippen LogP contribution >= 0.6 is 11.8 Å². The fraction of sp³-hybridized carbons (Fsp3) is 0.333. The van der Waals surface area contributed by atoms with Gasteiger partial charge in [0.25, 0.3) is 0 Å². The van der Waals surface area contributed by atoms with Crippen molar-refractivity contribution in [3.8, 4) is 11.5 Å². The Kier molecular flexibility index (Phi) is 7.11. The second kappa shape index (κ2) is 9.61. The van der Waals surface area contributed by atoms with Crippen molar-refractivity contribution in [2.45, 2.75) is 34.8 Å². The zero-order valence-corrected chi connectivity index (χ0v) is 19.1. The Morgan fingerprint density at radius 1 is 1.19 bits per heavy atom. The van der Waals surface area contributed by atoms with Crippen LogP contribution < -0.4 is 20.1 Å². The molecule has 1 aliphatic heterocycles. The second-order valence-electron chi connectivity index (χ2n) is 6.98. The van der Waals surface area contributed by atoms with Crippen molar-refractivity contribution in [1.82, 2.24) is 0 Å². The number of ether oxygens (including phenoxy) is 2. The van der Waals surface area contributed by atoms with E-state index in [9.17, 15) is 18.0 Å². The number of fused-ring (bicyclic) bond motifs is 1. The monoisotopic (exact) mass is 464 g/mol. The highest BCUT2D eigenvalue weighted by Crippen LogP contribution is 2.34. The molecule has 0 saturated heterocycles. The standard InChI is InChI=1S/C21H24N2O6S2/c1-13(10-21(25)22-16-6-4-14(28-2)11-18(16)29-3)31(26,27)15-5-7-19-17(12-15)23-20(24)8-9-30-19/h4-7,11-13H,8-10H2,1-3H3,(H,22,25)(H,23,24). The number of sulfone groups is 1. The van der Waals surface area contributed by atoms with E-state index in [4.69, 9.17) is 9.47 Å². The lowest BCUT2D eigenvalue weighted by atomic mass is 10.2. The zero-order valence-electron chi connectivity index (χ0n) is 17.4. The summed E-state index contributed by atoms with van der Waals surface area (Å²) in [6.07, 6.45) is 0.128. The van der Waals surface area contributed by atoms with Crippen LogP contribution in [0.3, 0.4) is 0 Å². The molecule has 31 heavy (non-hydrogen) atoms. The summed E-state index contributed by atoms with van der Waals surface area (Å²) in [5.74, 6) is 0.998. The number of benzene rings is 2. The lowest BCUT2D eigenvalue weighted by Gasteiger charge is -2.16. The zero-order chi connectivity index (χ0) is 22.6. The van der Waals surface area contributed by atoms with Gasteiger partial charge in [0.05, 0.1) is 35.7 Å². The first kappa shape index (κ1) is 23.0. The van der Waals surface area contributed by atoms with Crippen molar-refractivity contribution in [3.05, 3.63) is 36.4 Å². The highest BCUT2D eigenvalue weighted by atomic mass is 32.2. The smallest absolute Gasteiger partial charge is 0.225 e.